The first-order valence-corrected chi connectivity index (χ1v) is 10.1. The number of nitrogens with zero attached hydrogens (tertiary/aromatic N) is 1. The maximum Gasteiger partial charge on any atom is 0.228 e. The third-order valence-electron chi connectivity index (χ3n) is 4.70. The summed E-state index contributed by atoms with van der Waals surface area (Å²) in [7, 11) is -2.39. The lowest BCUT2D eigenvalue weighted by Gasteiger charge is -2.27. The van der Waals surface area contributed by atoms with Gasteiger partial charge in [-0.15, -0.1) is 0 Å². The second-order valence-electron chi connectivity index (χ2n) is 7.18. The van der Waals surface area contributed by atoms with Gasteiger partial charge in [0.05, 0.1) is 11.7 Å². The van der Waals surface area contributed by atoms with E-state index in [0.717, 1.165) is 28.8 Å². The van der Waals surface area contributed by atoms with Crippen molar-refractivity contribution in [3.8, 4) is 0 Å². The Kier molecular flexibility index (Phi) is 5.65. The number of anilines is 1. The first-order valence-electron chi connectivity index (χ1n) is 9.00. The lowest BCUT2D eigenvalue weighted by molar-refractivity contribution is 0.426. The second kappa shape index (κ2) is 7.96. The van der Waals surface area contributed by atoms with E-state index in [1.807, 2.05) is 56.3 Å². The van der Waals surface area contributed by atoms with Crippen LogP contribution in [0.2, 0.25) is 0 Å². The predicted octanol–water partition coefficient (Wildman–Crippen LogP) is 4.19. The fourth-order valence-corrected chi connectivity index (χ4v) is 4.00. The minimum absolute atomic E-state index is 0.327. The van der Waals surface area contributed by atoms with E-state index in [2.05, 4.69) is 24.3 Å². The first kappa shape index (κ1) is 19.2. The van der Waals surface area contributed by atoms with Crippen LogP contribution in [0.5, 0.6) is 0 Å². The number of allylic oxidation sites excluding steroid dienone is 2. The summed E-state index contributed by atoms with van der Waals surface area (Å²) in [6, 6.07) is 9.07. The number of hydrogen-bond donors (Lipinski definition) is 1. The van der Waals surface area contributed by atoms with Gasteiger partial charge < -0.3 is 9.84 Å². The van der Waals surface area contributed by atoms with Crippen molar-refractivity contribution in [2.45, 2.75) is 40.2 Å². The van der Waals surface area contributed by atoms with Crippen molar-refractivity contribution in [2.75, 3.05) is 5.32 Å². The molecule has 1 unspecified atom stereocenters. The van der Waals surface area contributed by atoms with Crippen LogP contribution in [0.1, 0.15) is 37.1 Å². The van der Waals surface area contributed by atoms with E-state index in [4.69, 9.17) is 4.52 Å². The molecule has 2 aromatic rings. The molecule has 1 N–H and O–H groups in total. The lowest BCUT2D eigenvalue weighted by Crippen LogP contribution is -2.35. The highest BCUT2D eigenvalue weighted by Crippen LogP contribution is 2.31. The molecule has 0 saturated carbocycles. The summed E-state index contributed by atoms with van der Waals surface area (Å²) in [6.45, 7) is 8.00. The Bertz CT molecular complexity index is 1020. The van der Waals surface area contributed by atoms with Crippen LogP contribution in [0.25, 0.3) is 5.57 Å². The minimum atomic E-state index is -2.39. The molecule has 1 atom stereocenters. The molecular weight excluding hydrogens is 360 g/mol. The molecule has 0 aliphatic heterocycles. The van der Waals surface area contributed by atoms with E-state index < -0.39 is 16.3 Å². The van der Waals surface area contributed by atoms with E-state index in [9.17, 15) is 8.42 Å². The monoisotopic (exact) mass is 384 g/mol. The molecule has 5 nitrogen and oxygen atoms in total. The van der Waals surface area contributed by atoms with Crippen LogP contribution in [0.4, 0.5) is 5.88 Å². The molecule has 27 heavy (non-hydrogen) atoms. The summed E-state index contributed by atoms with van der Waals surface area (Å²) in [6.07, 6.45) is 4.70. The molecule has 0 bridgehead atoms. The fraction of sp³-hybridized carbons (Fsp3) is 0.333. The zero-order valence-electron chi connectivity index (χ0n) is 16.0. The molecule has 6 heteroatoms. The molecule has 0 radical (unpaired) electrons. The van der Waals surface area contributed by atoms with Crippen molar-refractivity contribution < 1.29 is 12.9 Å². The van der Waals surface area contributed by atoms with Gasteiger partial charge in [-0.3, -0.25) is 0 Å². The third-order valence-corrected chi connectivity index (χ3v) is 5.52. The molecule has 0 fully saturated rings. The molecule has 0 amide bonds. The van der Waals surface area contributed by atoms with Crippen molar-refractivity contribution in [1.29, 1.82) is 0 Å². The Morgan fingerprint density at radius 3 is 2.41 bits per heavy atom. The molecule has 142 valence electrons. The van der Waals surface area contributed by atoms with Gasteiger partial charge in [-0.1, -0.05) is 61.5 Å². The van der Waals surface area contributed by atoms with Gasteiger partial charge >= 0.3 is 0 Å². The summed E-state index contributed by atoms with van der Waals surface area (Å²) in [5.74, 6) is 0.899. The number of hydrogen-bond acceptors (Lipinski definition) is 5. The SMILES string of the molecule is Cc1noc(NC2C(CC(C)C)=CC=C(c3ccccc3)C2=S(=O)=O)c1C. The molecule has 3 rings (SSSR count). The summed E-state index contributed by atoms with van der Waals surface area (Å²) >= 11 is 0. The summed E-state index contributed by atoms with van der Waals surface area (Å²) < 4.78 is 29.9. The van der Waals surface area contributed by atoms with Gasteiger partial charge in [0.25, 0.3) is 0 Å². The topological polar surface area (TPSA) is 72.2 Å². The van der Waals surface area contributed by atoms with Gasteiger partial charge in [0.2, 0.25) is 16.2 Å². The molecule has 0 spiro atoms. The van der Waals surface area contributed by atoms with E-state index in [1.54, 1.807) is 0 Å². The zero-order chi connectivity index (χ0) is 19.6. The number of nitrogens with one attached hydrogen (secondary N) is 1. The van der Waals surface area contributed by atoms with Crippen molar-refractivity contribution in [3.05, 3.63) is 64.9 Å². The Labute approximate surface area is 161 Å². The van der Waals surface area contributed by atoms with Gasteiger partial charge in [0.1, 0.15) is 4.86 Å². The smallest absolute Gasteiger partial charge is 0.228 e. The molecule has 1 aliphatic carbocycles. The summed E-state index contributed by atoms with van der Waals surface area (Å²) in [5.41, 5.74) is 4.24. The van der Waals surface area contributed by atoms with Gasteiger partial charge in [-0.2, -0.15) is 8.42 Å². The van der Waals surface area contributed by atoms with Gasteiger partial charge in [-0.25, -0.2) is 0 Å². The van der Waals surface area contributed by atoms with Gasteiger partial charge in [-0.05, 0) is 37.3 Å². The summed E-state index contributed by atoms with van der Waals surface area (Å²) in [4.78, 5) is 0.327. The quantitative estimate of drug-likeness (QED) is 0.783. The number of rotatable bonds is 5. The predicted molar refractivity (Wildman–Crippen MR) is 109 cm³/mol. The van der Waals surface area contributed by atoms with E-state index in [-0.39, 0.29) is 0 Å². The first-order chi connectivity index (χ1) is 12.9. The Hall–Kier alpha value is -2.60. The van der Waals surface area contributed by atoms with Crippen molar-refractivity contribution in [1.82, 2.24) is 5.16 Å². The molecular formula is C21H24N2O3S. The summed E-state index contributed by atoms with van der Waals surface area (Å²) in [5, 5.41) is 7.27. The molecule has 0 saturated heterocycles. The Morgan fingerprint density at radius 2 is 1.85 bits per heavy atom. The molecule has 1 heterocycles. The van der Waals surface area contributed by atoms with E-state index in [0.29, 0.717) is 22.2 Å². The highest BCUT2D eigenvalue weighted by atomic mass is 32.2. The van der Waals surface area contributed by atoms with E-state index >= 15 is 0 Å². The van der Waals surface area contributed by atoms with Crippen LogP contribution >= 0.6 is 0 Å². The highest BCUT2D eigenvalue weighted by molar-refractivity contribution is 7.74. The molecule has 1 aromatic carbocycles. The van der Waals surface area contributed by atoms with Crippen molar-refractivity contribution in [3.63, 3.8) is 0 Å². The maximum absolute atomic E-state index is 12.3. The van der Waals surface area contributed by atoms with E-state index in [1.165, 1.54) is 0 Å². The zero-order valence-corrected chi connectivity index (χ0v) is 16.8. The van der Waals surface area contributed by atoms with Crippen molar-refractivity contribution >= 4 is 26.6 Å². The number of aromatic nitrogens is 1. The fourth-order valence-electron chi connectivity index (χ4n) is 3.23. The van der Waals surface area contributed by atoms with Gasteiger partial charge in [0.15, 0.2) is 0 Å². The van der Waals surface area contributed by atoms with Crippen LogP contribution in [-0.4, -0.2) is 24.5 Å². The molecule has 1 aromatic heterocycles. The maximum atomic E-state index is 12.3. The van der Waals surface area contributed by atoms with Crippen LogP contribution in [0.15, 0.2) is 52.6 Å². The highest BCUT2D eigenvalue weighted by Gasteiger charge is 2.30. The van der Waals surface area contributed by atoms with Crippen molar-refractivity contribution in [2.24, 2.45) is 5.92 Å². The van der Waals surface area contributed by atoms with Crippen LogP contribution < -0.4 is 5.32 Å². The van der Waals surface area contributed by atoms with Crippen LogP contribution in [-0.2, 0) is 10.3 Å². The number of aryl methyl sites for hydroxylation is 1. The third kappa shape index (κ3) is 4.06. The largest absolute Gasteiger partial charge is 0.342 e. The Morgan fingerprint density at radius 1 is 1.15 bits per heavy atom. The average molecular weight is 385 g/mol. The minimum Gasteiger partial charge on any atom is -0.342 e. The Balaban J connectivity index is 2.12. The van der Waals surface area contributed by atoms with Crippen LogP contribution in [0.3, 0.4) is 0 Å². The number of benzene rings is 1. The lowest BCUT2D eigenvalue weighted by atomic mass is 9.85. The average Bonchev–Trinajstić information content (AvgIpc) is 2.95. The second-order valence-corrected chi connectivity index (χ2v) is 8.09. The van der Waals surface area contributed by atoms with Gasteiger partial charge in [0, 0.05) is 11.1 Å². The van der Waals surface area contributed by atoms with Crippen LogP contribution in [0, 0.1) is 19.8 Å². The molecule has 1 aliphatic rings. The normalized spacial score (nSPS) is 16.9. The standard InChI is InChI=1S/C21H24N2O3S/c1-13(2)12-17-10-11-18(16-8-6-5-7-9-16)20(27(24)25)19(17)22-21-14(3)15(4)23-26-21/h5-11,13,19,22H,12H2,1-4H3.